The molecule has 0 fully saturated rings. The van der Waals surface area contributed by atoms with Crippen molar-refractivity contribution >= 4 is 16.9 Å². The molecule has 0 unspecified atom stereocenters. The molecule has 0 saturated carbocycles. The van der Waals surface area contributed by atoms with Crippen molar-refractivity contribution in [3.63, 3.8) is 0 Å². The second kappa shape index (κ2) is 7.50. The SMILES string of the molecule is CC(C)Oc1cnc(-c2nc(-c3ccc4c(c3)cc3n4CC[C@H]3CC(=O)O)no2)cn1. The topological polar surface area (TPSA) is 116 Å². The molecule has 1 atom stereocenters. The molecule has 4 aromatic rings. The Bertz CT molecular complexity index is 1260. The van der Waals surface area contributed by atoms with Gasteiger partial charge in [-0.15, -0.1) is 0 Å². The summed E-state index contributed by atoms with van der Waals surface area (Å²) in [6, 6.07) is 8.03. The number of fused-ring (bicyclic) bond motifs is 3. The van der Waals surface area contributed by atoms with E-state index in [0.717, 1.165) is 35.1 Å². The maximum absolute atomic E-state index is 11.2. The van der Waals surface area contributed by atoms with E-state index in [-0.39, 0.29) is 24.3 Å². The smallest absolute Gasteiger partial charge is 0.304 e. The molecule has 31 heavy (non-hydrogen) atoms. The number of ether oxygens (including phenoxy) is 1. The van der Waals surface area contributed by atoms with Gasteiger partial charge in [0.15, 0.2) is 0 Å². The third kappa shape index (κ3) is 3.63. The number of aliphatic carboxylic acids is 1. The van der Waals surface area contributed by atoms with Crippen molar-refractivity contribution in [1.82, 2.24) is 24.7 Å². The first kappa shape index (κ1) is 19.2. The molecular weight excluding hydrogens is 398 g/mol. The molecule has 5 rings (SSSR count). The Balaban J connectivity index is 1.42. The van der Waals surface area contributed by atoms with Gasteiger partial charge in [-0.25, -0.2) is 9.97 Å². The fourth-order valence-corrected chi connectivity index (χ4v) is 4.04. The molecule has 0 spiro atoms. The van der Waals surface area contributed by atoms with Crippen LogP contribution in [-0.4, -0.2) is 41.9 Å². The van der Waals surface area contributed by atoms with Gasteiger partial charge < -0.3 is 18.9 Å². The van der Waals surface area contributed by atoms with Crippen molar-refractivity contribution < 1.29 is 19.2 Å². The second-order valence-corrected chi connectivity index (χ2v) is 7.91. The highest BCUT2D eigenvalue weighted by atomic mass is 16.5. The number of hydrogen-bond acceptors (Lipinski definition) is 7. The minimum Gasteiger partial charge on any atom is -0.481 e. The lowest BCUT2D eigenvalue weighted by Crippen LogP contribution is -2.07. The maximum Gasteiger partial charge on any atom is 0.304 e. The van der Waals surface area contributed by atoms with E-state index >= 15 is 0 Å². The van der Waals surface area contributed by atoms with Gasteiger partial charge in [-0.05, 0) is 44.5 Å². The molecule has 4 heterocycles. The third-order valence-corrected chi connectivity index (χ3v) is 5.36. The summed E-state index contributed by atoms with van der Waals surface area (Å²) in [6.07, 6.45) is 4.09. The molecule has 9 nitrogen and oxygen atoms in total. The first-order valence-corrected chi connectivity index (χ1v) is 10.2. The van der Waals surface area contributed by atoms with E-state index in [0.29, 0.717) is 17.4 Å². The Hall–Kier alpha value is -3.75. The van der Waals surface area contributed by atoms with Crippen LogP contribution in [0.15, 0.2) is 41.2 Å². The van der Waals surface area contributed by atoms with Gasteiger partial charge in [0.25, 0.3) is 5.89 Å². The second-order valence-electron chi connectivity index (χ2n) is 7.91. The van der Waals surface area contributed by atoms with Gasteiger partial charge in [-0.1, -0.05) is 5.16 Å². The number of carboxylic acids is 1. The highest BCUT2D eigenvalue weighted by molar-refractivity contribution is 5.86. The number of nitrogens with zero attached hydrogens (tertiary/aromatic N) is 5. The summed E-state index contributed by atoms with van der Waals surface area (Å²) < 4.78 is 13.1. The number of carbonyl (C=O) groups is 1. The summed E-state index contributed by atoms with van der Waals surface area (Å²) >= 11 is 0. The lowest BCUT2D eigenvalue weighted by molar-refractivity contribution is -0.137. The molecule has 1 aromatic carbocycles. The standard InChI is InChI=1S/C22H21N5O4/c1-12(2)30-19-11-23-16(10-24-19)22-25-21(26-31-22)14-3-4-17-15(7-14)8-18-13(9-20(28)29)5-6-27(17)18/h3-4,7-8,10-13H,5-6,9H2,1-2H3,(H,28,29)/t13-/m0/s1. The summed E-state index contributed by atoms with van der Waals surface area (Å²) in [4.78, 5) is 24.1. The Morgan fingerprint density at radius 1 is 1.29 bits per heavy atom. The van der Waals surface area contributed by atoms with Gasteiger partial charge in [0.1, 0.15) is 5.69 Å². The summed E-state index contributed by atoms with van der Waals surface area (Å²) in [7, 11) is 0. The molecule has 1 aliphatic rings. The van der Waals surface area contributed by atoms with Crippen LogP contribution in [0.4, 0.5) is 0 Å². The van der Waals surface area contributed by atoms with E-state index in [2.05, 4.69) is 30.7 Å². The number of aromatic nitrogens is 5. The zero-order valence-corrected chi connectivity index (χ0v) is 17.1. The monoisotopic (exact) mass is 419 g/mol. The average molecular weight is 419 g/mol. The van der Waals surface area contributed by atoms with Gasteiger partial charge in [0, 0.05) is 34.6 Å². The molecule has 0 radical (unpaired) electrons. The minimum atomic E-state index is -0.768. The van der Waals surface area contributed by atoms with Crippen LogP contribution in [0.25, 0.3) is 33.9 Å². The number of rotatable bonds is 6. The van der Waals surface area contributed by atoms with Crippen LogP contribution >= 0.6 is 0 Å². The lowest BCUT2D eigenvalue weighted by atomic mass is 10.0. The molecule has 9 heteroatoms. The van der Waals surface area contributed by atoms with Crippen molar-refractivity contribution in [3.05, 3.63) is 42.4 Å². The number of hydrogen-bond donors (Lipinski definition) is 1. The predicted octanol–water partition coefficient (Wildman–Crippen LogP) is 3.90. The van der Waals surface area contributed by atoms with Crippen molar-refractivity contribution in [1.29, 1.82) is 0 Å². The summed E-state index contributed by atoms with van der Waals surface area (Å²) in [5.74, 6) is 0.447. The summed E-state index contributed by atoms with van der Waals surface area (Å²) in [6.45, 7) is 4.67. The Morgan fingerprint density at radius 2 is 2.16 bits per heavy atom. The van der Waals surface area contributed by atoms with Gasteiger partial charge in [-0.2, -0.15) is 4.98 Å². The van der Waals surface area contributed by atoms with E-state index in [1.54, 1.807) is 6.20 Å². The van der Waals surface area contributed by atoms with Crippen LogP contribution in [0.5, 0.6) is 5.88 Å². The molecule has 0 saturated heterocycles. The van der Waals surface area contributed by atoms with Crippen molar-refractivity contribution in [2.75, 3.05) is 0 Å². The van der Waals surface area contributed by atoms with Gasteiger partial charge in [0.05, 0.1) is 24.9 Å². The van der Waals surface area contributed by atoms with E-state index < -0.39 is 5.97 Å². The van der Waals surface area contributed by atoms with Crippen molar-refractivity contribution in [2.45, 2.75) is 45.3 Å². The Kier molecular flexibility index (Phi) is 4.65. The van der Waals surface area contributed by atoms with Crippen molar-refractivity contribution in [3.8, 4) is 28.9 Å². The van der Waals surface area contributed by atoms with E-state index in [4.69, 9.17) is 14.4 Å². The maximum atomic E-state index is 11.2. The summed E-state index contributed by atoms with van der Waals surface area (Å²) in [5.41, 5.74) is 3.44. The van der Waals surface area contributed by atoms with Crippen LogP contribution < -0.4 is 4.74 Å². The van der Waals surface area contributed by atoms with Crippen LogP contribution in [-0.2, 0) is 11.3 Å². The largest absolute Gasteiger partial charge is 0.481 e. The Labute approximate surface area is 177 Å². The van der Waals surface area contributed by atoms with Crippen molar-refractivity contribution in [2.24, 2.45) is 0 Å². The fourth-order valence-electron chi connectivity index (χ4n) is 4.04. The molecule has 0 bridgehead atoms. The van der Waals surface area contributed by atoms with Gasteiger partial charge >= 0.3 is 5.97 Å². The minimum absolute atomic E-state index is 0.0141. The first-order chi connectivity index (χ1) is 15.0. The zero-order valence-electron chi connectivity index (χ0n) is 17.1. The Morgan fingerprint density at radius 3 is 2.90 bits per heavy atom. The lowest BCUT2D eigenvalue weighted by Gasteiger charge is -2.07. The molecule has 1 N–H and O–H groups in total. The first-order valence-electron chi connectivity index (χ1n) is 10.2. The van der Waals surface area contributed by atoms with E-state index in [1.165, 1.54) is 6.20 Å². The van der Waals surface area contributed by atoms with Gasteiger partial charge in [0.2, 0.25) is 11.7 Å². The average Bonchev–Trinajstić information content (AvgIpc) is 3.44. The van der Waals surface area contributed by atoms with Crippen LogP contribution in [0.2, 0.25) is 0 Å². The number of aryl methyl sites for hydroxylation is 1. The van der Waals surface area contributed by atoms with Crippen LogP contribution in [0, 0.1) is 0 Å². The molecular formula is C22H21N5O4. The zero-order chi connectivity index (χ0) is 21.5. The number of carboxylic acid groups (broad SMARTS) is 1. The van der Waals surface area contributed by atoms with Crippen LogP contribution in [0.3, 0.4) is 0 Å². The highest BCUT2D eigenvalue weighted by Crippen LogP contribution is 2.37. The molecule has 1 aliphatic heterocycles. The third-order valence-electron chi connectivity index (χ3n) is 5.36. The normalized spacial score (nSPS) is 15.5. The fraction of sp³-hybridized carbons (Fsp3) is 0.318. The van der Waals surface area contributed by atoms with E-state index in [1.807, 2.05) is 32.0 Å². The predicted molar refractivity (Wildman–Crippen MR) is 112 cm³/mol. The molecule has 0 aliphatic carbocycles. The quantitative estimate of drug-likeness (QED) is 0.500. The van der Waals surface area contributed by atoms with Gasteiger partial charge in [-0.3, -0.25) is 4.79 Å². The molecule has 0 amide bonds. The number of benzene rings is 1. The van der Waals surface area contributed by atoms with E-state index in [9.17, 15) is 4.79 Å². The molecule has 158 valence electrons. The molecule has 3 aromatic heterocycles. The highest BCUT2D eigenvalue weighted by Gasteiger charge is 2.27. The summed E-state index contributed by atoms with van der Waals surface area (Å²) in [5, 5.41) is 14.3. The van der Waals surface area contributed by atoms with Crippen LogP contribution in [0.1, 0.15) is 38.3 Å².